The average Bonchev–Trinajstić information content (AvgIpc) is 3.20. The zero-order chi connectivity index (χ0) is 41.7. The number of aliphatic hydroxyl groups is 1. The van der Waals surface area contributed by atoms with Gasteiger partial charge in [-0.2, -0.15) is 15.0 Å². The number of esters is 5. The van der Waals surface area contributed by atoms with Gasteiger partial charge in [-0.3, -0.25) is 19.5 Å². The van der Waals surface area contributed by atoms with E-state index in [9.17, 15) is 33.9 Å². The standard InChI is InChI=1S/C36H42N6O14/c1-8-27(43)52-20-40(19-50-17-18-51-26-15-13-25(14-16-26)32(48)36(6,7)49)33-37-34(41(21-53-28(44)9-2)22-54-29(45)10-3)39-35(38-33)42(23-55-30(46)11-4)24-56-31(47)12-5/h8-16,49H,1-5,17-24H2,6-7H3. The first kappa shape index (κ1) is 45.2. The number of nitrogens with zero attached hydrogens (tertiary/aromatic N) is 6. The second-order valence-electron chi connectivity index (χ2n) is 11.1. The summed E-state index contributed by atoms with van der Waals surface area (Å²) < 4.78 is 37.2. The van der Waals surface area contributed by atoms with Crippen LogP contribution >= 0.6 is 0 Å². The highest BCUT2D eigenvalue weighted by atomic mass is 16.6. The molecule has 0 spiro atoms. The van der Waals surface area contributed by atoms with Crippen LogP contribution < -0.4 is 19.4 Å². The summed E-state index contributed by atoms with van der Waals surface area (Å²) in [4.78, 5) is 88.8. The molecule has 2 aromatic rings. The van der Waals surface area contributed by atoms with Gasteiger partial charge in [-0.15, -0.1) is 0 Å². The second-order valence-corrected chi connectivity index (χ2v) is 11.1. The maximum Gasteiger partial charge on any atom is 0.331 e. The van der Waals surface area contributed by atoms with Gasteiger partial charge in [0.25, 0.3) is 0 Å². The third kappa shape index (κ3) is 15.6. The van der Waals surface area contributed by atoms with Gasteiger partial charge in [-0.25, -0.2) is 24.0 Å². The molecule has 0 aliphatic rings. The molecule has 0 amide bonds. The third-order valence-electron chi connectivity index (χ3n) is 6.51. The zero-order valence-corrected chi connectivity index (χ0v) is 30.8. The molecular formula is C36H42N6O14. The first-order valence-electron chi connectivity index (χ1n) is 16.2. The number of anilines is 3. The van der Waals surface area contributed by atoms with Crippen LogP contribution in [0.15, 0.2) is 87.5 Å². The summed E-state index contributed by atoms with van der Waals surface area (Å²) in [6.07, 6.45) is 4.43. The number of carbonyl (C=O) groups is 6. The number of aromatic nitrogens is 3. The van der Waals surface area contributed by atoms with E-state index in [0.29, 0.717) is 5.75 Å². The van der Waals surface area contributed by atoms with Gasteiger partial charge in [0.15, 0.2) is 39.4 Å². The molecule has 1 N–H and O–H groups in total. The molecule has 0 unspecified atom stereocenters. The van der Waals surface area contributed by atoms with Crippen LogP contribution in [0.1, 0.15) is 24.2 Å². The van der Waals surface area contributed by atoms with E-state index < -0.39 is 74.9 Å². The number of rotatable bonds is 26. The Balaban J connectivity index is 2.53. The molecule has 0 aliphatic carbocycles. The number of hydrogen-bond acceptors (Lipinski definition) is 20. The Bertz CT molecular complexity index is 1640. The summed E-state index contributed by atoms with van der Waals surface area (Å²) in [6.45, 7) is 16.1. The highest BCUT2D eigenvalue weighted by Crippen LogP contribution is 2.21. The summed E-state index contributed by atoms with van der Waals surface area (Å²) in [6, 6.07) is 6.09. The van der Waals surface area contributed by atoms with E-state index in [1.807, 2.05) is 0 Å². The maximum absolute atomic E-state index is 12.3. The van der Waals surface area contributed by atoms with Crippen molar-refractivity contribution in [3.63, 3.8) is 0 Å². The quantitative estimate of drug-likeness (QED) is 0.0357. The first-order chi connectivity index (χ1) is 26.6. The summed E-state index contributed by atoms with van der Waals surface area (Å²) >= 11 is 0. The van der Waals surface area contributed by atoms with Gasteiger partial charge in [0.2, 0.25) is 17.8 Å². The molecule has 0 aliphatic heterocycles. The molecule has 1 aromatic carbocycles. The maximum atomic E-state index is 12.3. The van der Waals surface area contributed by atoms with Crippen molar-refractivity contribution in [2.75, 3.05) is 68.3 Å². The zero-order valence-electron chi connectivity index (χ0n) is 30.8. The van der Waals surface area contributed by atoms with Crippen molar-refractivity contribution in [2.45, 2.75) is 19.4 Å². The molecule has 0 bridgehead atoms. The normalized spacial score (nSPS) is 10.4. The Morgan fingerprint density at radius 2 is 0.893 bits per heavy atom. The lowest BCUT2D eigenvalue weighted by molar-refractivity contribution is -0.141. The number of benzene rings is 1. The summed E-state index contributed by atoms with van der Waals surface area (Å²) in [7, 11) is 0. The van der Waals surface area contributed by atoms with Gasteiger partial charge in [0, 0.05) is 35.9 Å². The van der Waals surface area contributed by atoms with E-state index in [2.05, 4.69) is 47.8 Å². The number of ether oxygens (including phenoxy) is 7. The summed E-state index contributed by atoms with van der Waals surface area (Å²) in [5.74, 6) is -5.28. The Labute approximate surface area is 321 Å². The van der Waals surface area contributed by atoms with Gasteiger partial charge >= 0.3 is 29.8 Å². The molecule has 2 rings (SSSR count). The Morgan fingerprint density at radius 3 is 1.20 bits per heavy atom. The van der Waals surface area contributed by atoms with Crippen molar-refractivity contribution in [3.05, 3.63) is 93.1 Å². The van der Waals surface area contributed by atoms with Crippen LogP contribution in [-0.4, -0.2) is 115 Å². The summed E-state index contributed by atoms with van der Waals surface area (Å²) in [5.41, 5.74) is -1.26. The van der Waals surface area contributed by atoms with Gasteiger partial charge in [-0.1, -0.05) is 32.9 Å². The smallest absolute Gasteiger partial charge is 0.331 e. The highest BCUT2D eigenvalue weighted by Gasteiger charge is 2.26. The van der Waals surface area contributed by atoms with Gasteiger partial charge < -0.3 is 38.3 Å². The van der Waals surface area contributed by atoms with E-state index in [4.69, 9.17) is 33.2 Å². The van der Waals surface area contributed by atoms with Gasteiger partial charge in [0.1, 0.15) is 24.7 Å². The molecular weight excluding hydrogens is 740 g/mol. The topological polar surface area (TPSA) is 236 Å². The van der Waals surface area contributed by atoms with Gasteiger partial charge in [0.05, 0.1) is 6.61 Å². The van der Waals surface area contributed by atoms with Crippen molar-refractivity contribution < 1.29 is 67.0 Å². The van der Waals surface area contributed by atoms with Crippen LogP contribution in [0.5, 0.6) is 5.75 Å². The predicted molar refractivity (Wildman–Crippen MR) is 196 cm³/mol. The first-order valence-corrected chi connectivity index (χ1v) is 16.2. The van der Waals surface area contributed by atoms with E-state index in [-0.39, 0.29) is 43.4 Å². The fourth-order valence-electron chi connectivity index (χ4n) is 3.68. The third-order valence-corrected chi connectivity index (χ3v) is 6.51. The summed E-state index contributed by atoms with van der Waals surface area (Å²) in [5, 5.41) is 9.98. The van der Waals surface area contributed by atoms with Crippen molar-refractivity contribution in [1.29, 1.82) is 0 Å². The van der Waals surface area contributed by atoms with Crippen LogP contribution in [0.25, 0.3) is 0 Å². The molecule has 0 radical (unpaired) electrons. The second kappa shape index (κ2) is 23.0. The lowest BCUT2D eigenvalue weighted by Gasteiger charge is -2.27. The minimum atomic E-state index is -1.55. The van der Waals surface area contributed by atoms with E-state index in [1.165, 1.54) is 30.9 Å². The molecule has 20 heteroatoms. The monoisotopic (exact) mass is 782 g/mol. The number of ketones is 1. The molecule has 1 aromatic heterocycles. The Morgan fingerprint density at radius 1 is 0.571 bits per heavy atom. The van der Waals surface area contributed by atoms with Crippen LogP contribution in [0, 0.1) is 0 Å². The lowest BCUT2D eigenvalue weighted by Crippen LogP contribution is -2.38. The molecule has 0 atom stereocenters. The largest absolute Gasteiger partial charge is 0.491 e. The SMILES string of the molecule is C=CC(=O)OCN(COCCOc1ccc(C(=O)C(C)(C)O)cc1)c1nc(N(COC(=O)C=C)COC(=O)C=C)nc(N(COC(=O)C=C)COC(=O)C=C)n1. The Hall–Kier alpha value is -6.93. The Kier molecular flexibility index (Phi) is 18.6. The molecule has 56 heavy (non-hydrogen) atoms. The molecule has 0 fully saturated rings. The fraction of sp³-hybridized carbons (Fsp3) is 0.306. The molecule has 1 heterocycles. The minimum absolute atomic E-state index is 0.00101. The lowest BCUT2D eigenvalue weighted by atomic mass is 9.97. The number of carbonyl (C=O) groups excluding carboxylic acids is 6. The fourth-order valence-corrected chi connectivity index (χ4v) is 3.68. The highest BCUT2D eigenvalue weighted by molar-refractivity contribution is 6.01. The molecule has 0 saturated heterocycles. The van der Waals surface area contributed by atoms with Crippen LogP contribution in [0.2, 0.25) is 0 Å². The van der Waals surface area contributed by atoms with E-state index in [1.54, 1.807) is 12.1 Å². The molecule has 20 nitrogen and oxygen atoms in total. The van der Waals surface area contributed by atoms with E-state index >= 15 is 0 Å². The van der Waals surface area contributed by atoms with Crippen LogP contribution in [-0.2, 0) is 52.4 Å². The average molecular weight is 783 g/mol. The van der Waals surface area contributed by atoms with Crippen molar-refractivity contribution in [3.8, 4) is 5.75 Å². The van der Waals surface area contributed by atoms with Crippen molar-refractivity contribution in [1.82, 2.24) is 15.0 Å². The minimum Gasteiger partial charge on any atom is -0.491 e. The molecule has 0 saturated carbocycles. The van der Waals surface area contributed by atoms with Crippen LogP contribution in [0.4, 0.5) is 17.8 Å². The predicted octanol–water partition coefficient (Wildman–Crippen LogP) is 1.73. The number of Topliss-reactive ketones (excluding diaryl/α,β-unsaturated/α-hetero) is 1. The van der Waals surface area contributed by atoms with Crippen molar-refractivity contribution in [2.24, 2.45) is 0 Å². The van der Waals surface area contributed by atoms with Crippen molar-refractivity contribution >= 4 is 53.5 Å². The van der Waals surface area contributed by atoms with Crippen LogP contribution in [0.3, 0.4) is 0 Å². The number of hydrogen-bond donors (Lipinski definition) is 1. The van der Waals surface area contributed by atoms with Gasteiger partial charge in [-0.05, 0) is 38.1 Å². The molecule has 300 valence electrons. The van der Waals surface area contributed by atoms with E-state index in [0.717, 1.165) is 40.2 Å².